The van der Waals surface area contributed by atoms with Gasteiger partial charge in [0.2, 0.25) is 0 Å². The number of likely N-dealkylation sites (tertiary alicyclic amines) is 1. The van der Waals surface area contributed by atoms with Crippen LogP contribution in [0, 0.1) is 17.5 Å². The van der Waals surface area contributed by atoms with Crippen LogP contribution in [-0.4, -0.2) is 66.0 Å². The number of halogens is 4. The summed E-state index contributed by atoms with van der Waals surface area (Å²) in [6.45, 7) is 6.02. The fraction of sp³-hybridized carbons (Fsp3) is 0.379. The molecule has 0 saturated carbocycles. The van der Waals surface area contributed by atoms with Gasteiger partial charge in [0.1, 0.15) is 11.6 Å². The fourth-order valence-electron chi connectivity index (χ4n) is 5.36. The minimum atomic E-state index is -0.813. The Morgan fingerprint density at radius 3 is 2.41 bits per heavy atom. The van der Waals surface area contributed by atoms with E-state index in [2.05, 4.69) is 25.0 Å². The Morgan fingerprint density at radius 1 is 0.949 bits per heavy atom. The van der Waals surface area contributed by atoms with E-state index in [-0.39, 0.29) is 19.7 Å². The zero-order valence-electron chi connectivity index (χ0n) is 21.6. The van der Waals surface area contributed by atoms with Gasteiger partial charge in [-0.2, -0.15) is 0 Å². The number of aromatic nitrogens is 1. The van der Waals surface area contributed by atoms with Crippen molar-refractivity contribution in [2.45, 2.75) is 32.0 Å². The fourth-order valence-corrected chi connectivity index (χ4v) is 5.64. The molecular weight excluding hydrogens is 527 g/mol. The molecule has 6 nitrogen and oxygen atoms in total. The molecule has 2 aliphatic rings. The van der Waals surface area contributed by atoms with Crippen LogP contribution in [0.25, 0.3) is 0 Å². The van der Waals surface area contributed by atoms with E-state index < -0.39 is 11.6 Å². The average Bonchev–Trinajstić information content (AvgIpc) is 2.94. The van der Waals surface area contributed by atoms with E-state index in [1.165, 1.54) is 30.5 Å². The van der Waals surface area contributed by atoms with E-state index in [0.29, 0.717) is 34.6 Å². The maximum absolute atomic E-state index is 13.5. The highest BCUT2D eigenvalue weighted by Gasteiger charge is 2.28. The highest BCUT2D eigenvalue weighted by atomic mass is 35.5. The van der Waals surface area contributed by atoms with Gasteiger partial charge >= 0.3 is 0 Å². The van der Waals surface area contributed by atoms with Crippen molar-refractivity contribution in [3.8, 4) is 0 Å². The molecule has 0 unspecified atom stereocenters. The first-order chi connectivity index (χ1) is 18.9. The lowest BCUT2D eigenvalue weighted by molar-refractivity contribution is 0.0950. The summed E-state index contributed by atoms with van der Waals surface area (Å²) >= 11 is 6.53. The first kappa shape index (κ1) is 27.4. The Balaban J connectivity index is 0.00000370. The summed E-state index contributed by atoms with van der Waals surface area (Å²) in [6, 6.07) is 12.3. The second-order valence-corrected chi connectivity index (χ2v) is 10.5. The Morgan fingerprint density at radius 2 is 1.72 bits per heavy atom. The highest BCUT2D eigenvalue weighted by Crippen LogP contribution is 2.27. The van der Waals surface area contributed by atoms with Crippen molar-refractivity contribution in [2.75, 3.05) is 44.2 Å². The van der Waals surface area contributed by atoms with Crippen molar-refractivity contribution in [3.63, 3.8) is 0 Å². The molecule has 39 heavy (non-hydrogen) atoms. The van der Waals surface area contributed by atoms with E-state index in [1.807, 2.05) is 0 Å². The molecule has 208 valence electrons. The first-order valence-corrected chi connectivity index (χ1v) is 13.6. The van der Waals surface area contributed by atoms with Crippen LogP contribution in [0.3, 0.4) is 0 Å². The first-order valence-electron chi connectivity index (χ1n) is 13.2. The van der Waals surface area contributed by atoms with Crippen LogP contribution in [0.2, 0.25) is 5.02 Å². The predicted octanol–water partition coefficient (Wildman–Crippen LogP) is 5.11. The van der Waals surface area contributed by atoms with Crippen LogP contribution < -0.4 is 10.2 Å². The average molecular weight is 560 g/mol. The summed E-state index contributed by atoms with van der Waals surface area (Å²) in [5, 5.41) is 3.20. The Kier molecular flexibility index (Phi) is 8.69. The van der Waals surface area contributed by atoms with Crippen molar-refractivity contribution < 1.29 is 19.4 Å². The van der Waals surface area contributed by atoms with Gasteiger partial charge in [0.15, 0.2) is 11.6 Å². The standard InChI is InChI=1S/C29H31ClF3N5O.H2/c30-25-16-22(29(39)35-17-20-2-1-3-23(31)14-20)18-34-28(25)38-12-10-37(11-13-38)24-6-8-36(9-7-24)19-21-4-5-26(32)27(33)15-21;/h1-5,14-16,18,24H,6-13,17,19H2,(H,35,39);1H. The van der Waals surface area contributed by atoms with Crippen molar-refractivity contribution in [3.05, 3.63) is 93.9 Å². The number of hydrogen-bond donors (Lipinski definition) is 1. The number of benzene rings is 2. The molecule has 2 aromatic carbocycles. The van der Waals surface area contributed by atoms with Crippen LogP contribution in [-0.2, 0) is 13.1 Å². The molecule has 2 saturated heterocycles. The molecular formula is C29H33ClF3N5O. The molecule has 10 heteroatoms. The molecule has 1 aromatic heterocycles. The molecule has 2 aliphatic heterocycles. The largest absolute Gasteiger partial charge is 0.353 e. The van der Waals surface area contributed by atoms with Crippen LogP contribution in [0.1, 0.15) is 35.8 Å². The maximum atomic E-state index is 13.5. The Labute approximate surface area is 232 Å². The maximum Gasteiger partial charge on any atom is 0.253 e. The summed E-state index contributed by atoms with van der Waals surface area (Å²) in [5.74, 6) is -1.61. The topological polar surface area (TPSA) is 51.7 Å². The number of amides is 1. The van der Waals surface area contributed by atoms with Crippen LogP contribution >= 0.6 is 11.6 Å². The highest BCUT2D eigenvalue weighted by molar-refractivity contribution is 6.33. The number of hydrogen-bond acceptors (Lipinski definition) is 5. The number of anilines is 1. The zero-order valence-corrected chi connectivity index (χ0v) is 22.3. The third-order valence-electron chi connectivity index (χ3n) is 7.50. The number of pyridine rings is 1. The summed E-state index contributed by atoms with van der Waals surface area (Å²) in [6.07, 6.45) is 3.58. The third kappa shape index (κ3) is 6.90. The minimum Gasteiger partial charge on any atom is -0.353 e. The summed E-state index contributed by atoms with van der Waals surface area (Å²) in [7, 11) is 0. The lowest BCUT2D eigenvalue weighted by atomic mass is 10.0. The summed E-state index contributed by atoms with van der Waals surface area (Å²) in [5.41, 5.74) is 1.82. The summed E-state index contributed by atoms with van der Waals surface area (Å²) in [4.78, 5) is 24.0. The molecule has 1 N–H and O–H groups in total. The van der Waals surface area contributed by atoms with Gasteiger partial charge in [0.25, 0.3) is 5.91 Å². The van der Waals surface area contributed by atoms with Gasteiger partial charge in [0, 0.05) is 52.9 Å². The van der Waals surface area contributed by atoms with Gasteiger partial charge in [-0.3, -0.25) is 14.6 Å². The van der Waals surface area contributed by atoms with Crippen LogP contribution in [0.4, 0.5) is 19.0 Å². The second kappa shape index (κ2) is 12.4. The van der Waals surface area contributed by atoms with Crippen molar-refractivity contribution >= 4 is 23.3 Å². The molecule has 3 heterocycles. The molecule has 0 radical (unpaired) electrons. The van der Waals surface area contributed by atoms with Crippen LogP contribution in [0.5, 0.6) is 0 Å². The molecule has 0 atom stereocenters. The van der Waals surface area contributed by atoms with E-state index >= 15 is 0 Å². The Hall–Kier alpha value is -3.14. The molecule has 0 bridgehead atoms. The lowest BCUT2D eigenvalue weighted by Crippen LogP contribution is -2.53. The van der Waals surface area contributed by atoms with Gasteiger partial charge < -0.3 is 10.2 Å². The van der Waals surface area contributed by atoms with E-state index in [4.69, 9.17) is 11.6 Å². The smallest absolute Gasteiger partial charge is 0.253 e. The van der Waals surface area contributed by atoms with E-state index in [9.17, 15) is 18.0 Å². The molecule has 1 amide bonds. The minimum absolute atomic E-state index is 0. The quantitative estimate of drug-likeness (QED) is 0.436. The van der Waals surface area contributed by atoms with Gasteiger partial charge in [0.05, 0.1) is 10.6 Å². The van der Waals surface area contributed by atoms with Gasteiger partial charge in [-0.1, -0.05) is 29.8 Å². The summed E-state index contributed by atoms with van der Waals surface area (Å²) < 4.78 is 40.1. The number of nitrogens with one attached hydrogen (secondary N) is 1. The molecule has 0 spiro atoms. The lowest BCUT2D eigenvalue weighted by Gasteiger charge is -2.43. The number of piperidine rings is 1. The predicted molar refractivity (Wildman–Crippen MR) is 147 cm³/mol. The van der Waals surface area contributed by atoms with Crippen LogP contribution in [0.15, 0.2) is 54.7 Å². The van der Waals surface area contributed by atoms with Gasteiger partial charge in [-0.15, -0.1) is 0 Å². The van der Waals surface area contributed by atoms with Gasteiger partial charge in [-0.05, 0) is 67.4 Å². The van der Waals surface area contributed by atoms with Crippen molar-refractivity contribution in [2.24, 2.45) is 0 Å². The van der Waals surface area contributed by atoms with Crippen molar-refractivity contribution in [1.29, 1.82) is 0 Å². The number of rotatable bonds is 7. The number of carbonyl (C=O) groups is 1. The van der Waals surface area contributed by atoms with E-state index in [1.54, 1.807) is 24.3 Å². The number of piperazine rings is 1. The Bertz CT molecular complexity index is 1320. The third-order valence-corrected chi connectivity index (χ3v) is 7.78. The zero-order chi connectivity index (χ0) is 27.4. The molecule has 2 fully saturated rings. The molecule has 0 aliphatic carbocycles. The SMILES string of the molecule is O=C(NCc1cccc(F)c1)c1cnc(N2CCN(C3CCN(Cc4ccc(F)c(F)c4)CC3)CC2)c(Cl)c1.[HH]. The molecule has 5 rings (SSSR count). The monoisotopic (exact) mass is 559 g/mol. The van der Waals surface area contributed by atoms with E-state index in [0.717, 1.165) is 57.7 Å². The van der Waals surface area contributed by atoms with Crippen molar-refractivity contribution in [1.82, 2.24) is 20.1 Å². The second-order valence-electron chi connectivity index (χ2n) is 10.1. The number of nitrogens with zero attached hydrogens (tertiary/aromatic N) is 4. The normalized spacial score (nSPS) is 17.4. The van der Waals surface area contributed by atoms with Gasteiger partial charge in [-0.25, -0.2) is 18.2 Å². The number of carbonyl (C=O) groups excluding carboxylic acids is 1. The molecule has 3 aromatic rings.